The molecule has 80 valence electrons. The molecule has 0 spiro atoms. The number of aromatic hydroxyl groups is 1. The molecule has 0 aliphatic heterocycles. The molecule has 0 bridgehead atoms. The summed E-state index contributed by atoms with van der Waals surface area (Å²) >= 11 is 0. The van der Waals surface area contributed by atoms with Gasteiger partial charge in [-0.15, -0.1) is 0 Å². The van der Waals surface area contributed by atoms with Crippen molar-refractivity contribution >= 4 is 10.9 Å². The van der Waals surface area contributed by atoms with E-state index in [1.165, 1.54) is 0 Å². The fraction of sp³-hybridized carbons (Fsp3) is 0.273. The van der Waals surface area contributed by atoms with Crippen LogP contribution in [0.25, 0.3) is 10.9 Å². The Kier molecular flexibility index (Phi) is 2.62. The van der Waals surface area contributed by atoms with E-state index in [0.717, 1.165) is 22.9 Å². The Morgan fingerprint density at radius 1 is 1.27 bits per heavy atom. The topological polar surface area (TPSA) is 77.2 Å². The Morgan fingerprint density at radius 3 is 2.73 bits per heavy atom. The first-order chi connectivity index (χ1) is 7.26. The van der Waals surface area contributed by atoms with Gasteiger partial charge in [-0.25, -0.2) is 0 Å². The number of benzene rings is 1. The standard InChI is InChI=1S/C11H15N3O/c12-4-3-8-6-14(7-13)11-2-1-9(15)5-10(8)11/h1-2,5-6,15H,3-4,7,12-13H2. The SMILES string of the molecule is NCCc1cn(CN)c2ccc(O)cc12. The van der Waals surface area contributed by atoms with Gasteiger partial charge in [-0.1, -0.05) is 0 Å². The van der Waals surface area contributed by atoms with Crippen LogP contribution in [-0.4, -0.2) is 16.2 Å². The number of nitrogens with zero attached hydrogens (tertiary/aromatic N) is 1. The number of phenols is 1. The van der Waals surface area contributed by atoms with Crippen molar-refractivity contribution in [2.75, 3.05) is 6.54 Å². The molecule has 1 aromatic heterocycles. The van der Waals surface area contributed by atoms with Crippen LogP contribution in [-0.2, 0) is 13.1 Å². The Hall–Kier alpha value is -1.52. The first kappa shape index (κ1) is 10.0. The molecule has 15 heavy (non-hydrogen) atoms. The maximum Gasteiger partial charge on any atom is 0.116 e. The molecule has 0 aliphatic rings. The third-order valence-electron chi connectivity index (χ3n) is 2.56. The highest BCUT2D eigenvalue weighted by molar-refractivity contribution is 5.85. The second-order valence-electron chi connectivity index (χ2n) is 3.55. The molecule has 0 fully saturated rings. The quantitative estimate of drug-likeness (QED) is 0.692. The van der Waals surface area contributed by atoms with Gasteiger partial charge in [0.05, 0.1) is 6.67 Å². The molecule has 0 radical (unpaired) electrons. The van der Waals surface area contributed by atoms with E-state index in [1.807, 2.05) is 16.8 Å². The number of hydrogen-bond donors (Lipinski definition) is 3. The Balaban J connectivity index is 2.64. The molecule has 0 aliphatic carbocycles. The van der Waals surface area contributed by atoms with Crippen LogP contribution in [0, 0.1) is 0 Å². The summed E-state index contributed by atoms with van der Waals surface area (Å²) < 4.78 is 1.96. The van der Waals surface area contributed by atoms with Gasteiger partial charge >= 0.3 is 0 Å². The number of aromatic nitrogens is 1. The Bertz CT molecular complexity index is 476. The first-order valence-electron chi connectivity index (χ1n) is 4.97. The second-order valence-corrected chi connectivity index (χ2v) is 3.55. The lowest BCUT2D eigenvalue weighted by molar-refractivity contribution is 0.476. The molecule has 0 unspecified atom stereocenters. The number of phenolic OH excluding ortho intramolecular Hbond substituents is 1. The van der Waals surface area contributed by atoms with E-state index < -0.39 is 0 Å². The lowest BCUT2D eigenvalue weighted by Crippen LogP contribution is -2.05. The minimum Gasteiger partial charge on any atom is -0.508 e. The Morgan fingerprint density at radius 2 is 2.07 bits per heavy atom. The molecule has 1 heterocycles. The molecule has 5 N–H and O–H groups in total. The highest BCUT2D eigenvalue weighted by Gasteiger charge is 2.07. The van der Waals surface area contributed by atoms with Gasteiger partial charge in [0.25, 0.3) is 0 Å². The van der Waals surface area contributed by atoms with Gasteiger partial charge in [-0.05, 0) is 36.7 Å². The molecule has 2 aromatic rings. The van der Waals surface area contributed by atoms with Gasteiger partial charge in [0.15, 0.2) is 0 Å². The van der Waals surface area contributed by atoms with Crippen LogP contribution in [0.1, 0.15) is 5.56 Å². The van der Waals surface area contributed by atoms with Gasteiger partial charge in [0.1, 0.15) is 5.75 Å². The van der Waals surface area contributed by atoms with Crippen molar-refractivity contribution in [3.05, 3.63) is 30.0 Å². The molecule has 0 atom stereocenters. The number of nitrogens with two attached hydrogens (primary N) is 2. The van der Waals surface area contributed by atoms with Gasteiger partial charge < -0.3 is 21.1 Å². The minimum absolute atomic E-state index is 0.274. The molecular weight excluding hydrogens is 190 g/mol. The van der Waals surface area contributed by atoms with E-state index in [2.05, 4.69) is 0 Å². The molecule has 0 saturated heterocycles. The second kappa shape index (κ2) is 3.92. The fourth-order valence-electron chi connectivity index (χ4n) is 1.86. The van der Waals surface area contributed by atoms with Crippen molar-refractivity contribution in [1.29, 1.82) is 0 Å². The van der Waals surface area contributed by atoms with Gasteiger partial charge in [0.2, 0.25) is 0 Å². The van der Waals surface area contributed by atoms with Crippen molar-refractivity contribution < 1.29 is 5.11 Å². The maximum absolute atomic E-state index is 9.43. The maximum atomic E-state index is 9.43. The van der Waals surface area contributed by atoms with E-state index in [9.17, 15) is 5.11 Å². The first-order valence-corrected chi connectivity index (χ1v) is 4.97. The van der Waals surface area contributed by atoms with Gasteiger partial charge in [-0.2, -0.15) is 0 Å². The van der Waals surface area contributed by atoms with E-state index in [0.29, 0.717) is 13.2 Å². The zero-order valence-electron chi connectivity index (χ0n) is 8.48. The summed E-state index contributed by atoms with van der Waals surface area (Å²) in [5.41, 5.74) is 13.3. The van der Waals surface area contributed by atoms with Crippen LogP contribution in [0.15, 0.2) is 24.4 Å². The smallest absolute Gasteiger partial charge is 0.116 e. The molecule has 2 rings (SSSR count). The van der Waals surface area contributed by atoms with Crippen LogP contribution >= 0.6 is 0 Å². The van der Waals surface area contributed by atoms with Crippen molar-refractivity contribution in [2.45, 2.75) is 13.1 Å². The minimum atomic E-state index is 0.274. The van der Waals surface area contributed by atoms with Crippen LogP contribution < -0.4 is 11.5 Å². The van der Waals surface area contributed by atoms with Crippen LogP contribution in [0.4, 0.5) is 0 Å². The van der Waals surface area contributed by atoms with Crippen molar-refractivity contribution in [3.8, 4) is 5.75 Å². The highest BCUT2D eigenvalue weighted by Crippen LogP contribution is 2.25. The normalized spacial score (nSPS) is 11.1. The average Bonchev–Trinajstić information content (AvgIpc) is 2.57. The molecule has 1 aromatic carbocycles. The van der Waals surface area contributed by atoms with E-state index >= 15 is 0 Å². The fourth-order valence-corrected chi connectivity index (χ4v) is 1.86. The van der Waals surface area contributed by atoms with Crippen molar-refractivity contribution in [1.82, 2.24) is 4.57 Å². The van der Waals surface area contributed by atoms with Gasteiger partial charge in [0, 0.05) is 17.1 Å². The lowest BCUT2D eigenvalue weighted by Gasteiger charge is -1.99. The van der Waals surface area contributed by atoms with E-state index in [1.54, 1.807) is 12.1 Å². The highest BCUT2D eigenvalue weighted by atomic mass is 16.3. The Labute approximate surface area is 88.1 Å². The van der Waals surface area contributed by atoms with Crippen molar-refractivity contribution in [2.24, 2.45) is 11.5 Å². The van der Waals surface area contributed by atoms with E-state index in [4.69, 9.17) is 11.5 Å². The van der Waals surface area contributed by atoms with E-state index in [-0.39, 0.29) is 5.75 Å². The largest absolute Gasteiger partial charge is 0.508 e. The average molecular weight is 205 g/mol. The molecule has 4 nitrogen and oxygen atoms in total. The predicted molar refractivity (Wildman–Crippen MR) is 60.5 cm³/mol. The zero-order valence-corrected chi connectivity index (χ0v) is 8.48. The summed E-state index contributed by atoms with van der Waals surface area (Å²) in [5.74, 6) is 0.274. The third kappa shape index (κ3) is 1.69. The summed E-state index contributed by atoms with van der Waals surface area (Å²) in [6, 6.07) is 5.30. The molecule has 4 heteroatoms. The summed E-state index contributed by atoms with van der Waals surface area (Å²) in [5, 5.41) is 10.5. The molecular formula is C11H15N3O. The van der Waals surface area contributed by atoms with Crippen molar-refractivity contribution in [3.63, 3.8) is 0 Å². The summed E-state index contributed by atoms with van der Waals surface area (Å²) in [7, 11) is 0. The van der Waals surface area contributed by atoms with Gasteiger partial charge in [-0.3, -0.25) is 0 Å². The van der Waals surface area contributed by atoms with Crippen LogP contribution in [0.3, 0.4) is 0 Å². The monoisotopic (exact) mass is 205 g/mol. The zero-order chi connectivity index (χ0) is 10.8. The summed E-state index contributed by atoms with van der Waals surface area (Å²) in [4.78, 5) is 0. The molecule has 0 amide bonds. The lowest BCUT2D eigenvalue weighted by atomic mass is 10.1. The number of fused-ring (bicyclic) bond motifs is 1. The molecule has 0 saturated carbocycles. The van der Waals surface area contributed by atoms with Crippen LogP contribution in [0.2, 0.25) is 0 Å². The van der Waals surface area contributed by atoms with Crippen LogP contribution in [0.5, 0.6) is 5.75 Å². The number of rotatable bonds is 3. The summed E-state index contributed by atoms with van der Waals surface area (Å²) in [6.07, 6.45) is 2.80. The summed E-state index contributed by atoms with van der Waals surface area (Å²) in [6.45, 7) is 1.03. The third-order valence-corrected chi connectivity index (χ3v) is 2.56. The predicted octanol–water partition coefficient (Wildman–Crippen LogP) is 0.764. The number of hydrogen-bond acceptors (Lipinski definition) is 3.